The van der Waals surface area contributed by atoms with Crippen molar-refractivity contribution >= 4 is 32.5 Å². The number of hydrogen-bond donors (Lipinski definition) is 4. The van der Waals surface area contributed by atoms with Crippen LogP contribution in [0.2, 0.25) is 0 Å². The van der Waals surface area contributed by atoms with E-state index < -0.39 is 21.3 Å². The van der Waals surface area contributed by atoms with Crippen molar-refractivity contribution in [1.82, 2.24) is 25.4 Å². The molecule has 0 spiro atoms. The molecule has 1 unspecified atom stereocenters. The molecule has 5 aliphatic rings. The number of fused-ring (bicyclic) bond motifs is 1. The molecule has 36 heavy (non-hydrogen) atoms. The average Bonchev–Trinajstić information content (AvgIpc) is 3.59. The summed E-state index contributed by atoms with van der Waals surface area (Å²) in [7, 11) is -3.02. The number of aliphatic hydroxyl groups is 1. The first-order chi connectivity index (χ1) is 17.3. The maximum Gasteiger partial charge on any atom is 0.292 e. The SMILES string of the molecule is O=C(NC1CCS(=O)(=O)CC1)c1noc(-c2cnc3[nH]ccc3c2N[C@@H]2[C@H]3CC4C[C@](O)(C3)C[C@@H]42)n1. The zero-order valence-electron chi connectivity index (χ0n) is 19.6. The number of pyridine rings is 1. The van der Waals surface area contributed by atoms with Gasteiger partial charge in [-0.3, -0.25) is 4.79 Å². The number of aromatic amines is 1. The lowest BCUT2D eigenvalue weighted by Gasteiger charge is -2.39. The van der Waals surface area contributed by atoms with Crippen molar-refractivity contribution in [2.24, 2.45) is 17.8 Å². The number of nitrogens with zero attached hydrogens (tertiary/aromatic N) is 3. The molecule has 0 radical (unpaired) electrons. The second-order valence-electron chi connectivity index (χ2n) is 11.0. The molecule has 1 aliphatic heterocycles. The van der Waals surface area contributed by atoms with Gasteiger partial charge in [0.2, 0.25) is 0 Å². The summed E-state index contributed by atoms with van der Waals surface area (Å²) in [6.07, 6.45) is 7.93. The Bertz CT molecular complexity index is 1450. The van der Waals surface area contributed by atoms with Crippen molar-refractivity contribution in [2.75, 3.05) is 16.8 Å². The van der Waals surface area contributed by atoms with Gasteiger partial charge < -0.3 is 25.2 Å². The number of anilines is 1. The Morgan fingerprint density at radius 2 is 2.00 bits per heavy atom. The van der Waals surface area contributed by atoms with Gasteiger partial charge >= 0.3 is 0 Å². The van der Waals surface area contributed by atoms with Gasteiger partial charge in [-0.25, -0.2) is 13.4 Å². The fraction of sp³-hybridized carbons (Fsp3) is 0.583. The molecular formula is C24H28N6O5S. The van der Waals surface area contributed by atoms with Crippen LogP contribution in [-0.4, -0.2) is 68.7 Å². The number of H-pyrrole nitrogens is 1. The van der Waals surface area contributed by atoms with E-state index in [1.54, 1.807) is 6.20 Å². The van der Waals surface area contributed by atoms with Gasteiger partial charge in [0.15, 0.2) is 0 Å². The van der Waals surface area contributed by atoms with Gasteiger partial charge in [-0.05, 0) is 62.3 Å². The predicted octanol–water partition coefficient (Wildman–Crippen LogP) is 1.88. The molecule has 190 valence electrons. The molecule has 5 atom stereocenters. The van der Waals surface area contributed by atoms with Crippen LogP contribution in [0.3, 0.4) is 0 Å². The van der Waals surface area contributed by atoms with Crippen LogP contribution in [0, 0.1) is 17.8 Å². The van der Waals surface area contributed by atoms with Gasteiger partial charge in [0.25, 0.3) is 17.6 Å². The normalized spacial score (nSPS) is 32.8. The van der Waals surface area contributed by atoms with E-state index in [0.717, 1.165) is 42.4 Å². The lowest BCUT2D eigenvalue weighted by atomic mass is 9.76. The molecule has 3 aromatic rings. The summed E-state index contributed by atoms with van der Waals surface area (Å²) >= 11 is 0. The zero-order valence-corrected chi connectivity index (χ0v) is 20.4. The van der Waals surface area contributed by atoms with E-state index in [1.165, 1.54) is 0 Å². The summed E-state index contributed by atoms with van der Waals surface area (Å²) < 4.78 is 28.8. The minimum absolute atomic E-state index is 0.0637. The summed E-state index contributed by atoms with van der Waals surface area (Å²) in [4.78, 5) is 24.8. The molecule has 12 heteroatoms. The summed E-state index contributed by atoms with van der Waals surface area (Å²) in [5.74, 6) is 1.11. The maximum atomic E-state index is 12.8. The molecule has 4 heterocycles. The number of sulfone groups is 1. The molecule has 1 amide bonds. The van der Waals surface area contributed by atoms with Crippen molar-refractivity contribution in [3.05, 3.63) is 24.3 Å². The third-order valence-electron chi connectivity index (χ3n) is 8.73. The fourth-order valence-corrected chi connectivity index (χ4v) is 8.67. The summed E-state index contributed by atoms with van der Waals surface area (Å²) in [5.41, 5.74) is 1.69. The Morgan fingerprint density at radius 1 is 1.19 bits per heavy atom. The standard InChI is InChI=1S/C24H28N6O5S/c31-22(27-14-2-5-36(33,34)6-3-14)21-29-23(35-30-21)17-11-26-20-15(1-4-25-20)19(17)28-18-13-7-12-8-24(32,9-13)10-16(12)18/h1,4,11-14,16,18,32H,2-3,5-10H2,(H,27,31)(H2,25,26,28)/t12?,13-,16-,18+,24-/m0/s1. The van der Waals surface area contributed by atoms with Crippen LogP contribution in [0.4, 0.5) is 5.69 Å². The van der Waals surface area contributed by atoms with Gasteiger partial charge in [-0.15, -0.1) is 0 Å². The lowest BCUT2D eigenvalue weighted by molar-refractivity contribution is -0.0139. The topological polar surface area (TPSA) is 163 Å². The molecule has 4 bridgehead atoms. The number of carbonyl (C=O) groups is 1. The van der Waals surface area contributed by atoms with Gasteiger partial charge in [-0.1, -0.05) is 5.16 Å². The third kappa shape index (κ3) is 3.61. The van der Waals surface area contributed by atoms with Crippen molar-refractivity contribution in [3.63, 3.8) is 0 Å². The first-order valence-corrected chi connectivity index (χ1v) is 14.4. The van der Waals surface area contributed by atoms with E-state index >= 15 is 0 Å². The zero-order chi connectivity index (χ0) is 24.7. The summed E-state index contributed by atoms with van der Waals surface area (Å²) in [5, 5.41) is 22.2. The summed E-state index contributed by atoms with van der Waals surface area (Å²) in [6.45, 7) is 0. The van der Waals surface area contributed by atoms with Gasteiger partial charge in [-0.2, -0.15) is 4.98 Å². The predicted molar refractivity (Wildman–Crippen MR) is 130 cm³/mol. The highest BCUT2D eigenvalue weighted by atomic mass is 32.2. The van der Waals surface area contributed by atoms with Gasteiger partial charge in [0, 0.05) is 29.9 Å². The van der Waals surface area contributed by atoms with Gasteiger partial charge in [0.1, 0.15) is 15.5 Å². The largest absolute Gasteiger partial charge is 0.390 e. The average molecular weight is 513 g/mol. The number of carbonyl (C=O) groups excluding carboxylic acids is 1. The number of nitrogens with one attached hydrogen (secondary N) is 3. The van der Waals surface area contributed by atoms with Crippen molar-refractivity contribution in [1.29, 1.82) is 0 Å². The Kier molecular flexibility index (Phi) is 4.79. The van der Waals surface area contributed by atoms with E-state index in [1.807, 2.05) is 12.3 Å². The Labute approximate surface area is 207 Å². The molecule has 8 rings (SSSR count). The molecule has 4 aliphatic carbocycles. The van der Waals surface area contributed by atoms with Crippen LogP contribution < -0.4 is 10.6 Å². The fourth-order valence-electron chi connectivity index (χ4n) is 7.18. The lowest BCUT2D eigenvalue weighted by Crippen LogP contribution is -2.42. The highest BCUT2D eigenvalue weighted by molar-refractivity contribution is 7.91. The molecule has 4 saturated carbocycles. The summed E-state index contributed by atoms with van der Waals surface area (Å²) in [6, 6.07) is 1.96. The van der Waals surface area contributed by atoms with Crippen LogP contribution in [-0.2, 0) is 9.84 Å². The monoisotopic (exact) mass is 512 g/mol. The smallest absolute Gasteiger partial charge is 0.292 e. The molecule has 5 fully saturated rings. The Balaban J connectivity index is 1.16. The van der Waals surface area contributed by atoms with Gasteiger partial charge in [0.05, 0.1) is 28.4 Å². The van der Waals surface area contributed by atoms with E-state index in [9.17, 15) is 18.3 Å². The first kappa shape index (κ1) is 22.2. The number of aromatic nitrogens is 4. The number of hydrogen-bond acceptors (Lipinski definition) is 9. The van der Waals surface area contributed by atoms with Crippen molar-refractivity contribution in [3.8, 4) is 11.5 Å². The highest BCUT2D eigenvalue weighted by Gasteiger charge is 2.60. The molecule has 1 saturated heterocycles. The van der Waals surface area contributed by atoms with Crippen molar-refractivity contribution in [2.45, 2.75) is 56.2 Å². The molecular weight excluding hydrogens is 484 g/mol. The second-order valence-corrected chi connectivity index (χ2v) is 13.3. The van der Waals surface area contributed by atoms with E-state index in [-0.39, 0.29) is 35.3 Å². The molecule has 4 N–H and O–H groups in total. The minimum Gasteiger partial charge on any atom is -0.390 e. The van der Waals surface area contributed by atoms with E-state index in [4.69, 9.17) is 4.52 Å². The van der Waals surface area contributed by atoms with Crippen LogP contribution in [0.1, 0.15) is 49.1 Å². The first-order valence-electron chi connectivity index (χ1n) is 12.6. The quantitative estimate of drug-likeness (QED) is 0.400. The number of rotatable bonds is 5. The second kappa shape index (κ2) is 7.75. The molecule has 0 aromatic carbocycles. The number of amides is 1. The Morgan fingerprint density at radius 3 is 2.81 bits per heavy atom. The highest BCUT2D eigenvalue weighted by Crippen LogP contribution is 2.60. The van der Waals surface area contributed by atoms with Crippen molar-refractivity contribution < 1.29 is 22.8 Å². The van der Waals surface area contributed by atoms with E-state index in [0.29, 0.717) is 36.2 Å². The Hall–Kier alpha value is -2.99. The van der Waals surface area contributed by atoms with Crippen LogP contribution in [0.25, 0.3) is 22.5 Å². The molecule has 11 nitrogen and oxygen atoms in total. The van der Waals surface area contributed by atoms with Crippen LogP contribution in [0.15, 0.2) is 23.0 Å². The third-order valence-corrected chi connectivity index (χ3v) is 10.4. The minimum atomic E-state index is -3.02. The van der Waals surface area contributed by atoms with Crippen LogP contribution in [0.5, 0.6) is 0 Å². The van der Waals surface area contributed by atoms with E-state index in [2.05, 4.69) is 30.7 Å². The van der Waals surface area contributed by atoms with Crippen LogP contribution >= 0.6 is 0 Å². The molecule has 3 aromatic heterocycles. The maximum absolute atomic E-state index is 12.8.